The monoisotopic (exact) mass is 230 g/mol. The molecule has 90 valence electrons. The number of fused-ring (bicyclic) bond motifs is 2. The maximum Gasteiger partial charge on any atom is 0.136 e. The summed E-state index contributed by atoms with van der Waals surface area (Å²) < 4.78 is 0. The van der Waals surface area contributed by atoms with Crippen LogP contribution in [0.25, 0.3) is 0 Å². The van der Waals surface area contributed by atoms with E-state index < -0.39 is 0 Å². The van der Waals surface area contributed by atoms with E-state index in [0.717, 1.165) is 12.8 Å². The molecule has 3 unspecified atom stereocenters. The number of hydrogen-bond donors (Lipinski definition) is 0. The highest BCUT2D eigenvalue weighted by molar-refractivity contribution is 5.81. The molecule has 0 radical (unpaired) electrons. The fraction of sp³-hybridized carbons (Fsp3) is 0.571. The summed E-state index contributed by atoms with van der Waals surface area (Å²) in [5, 5.41) is 0. The van der Waals surface area contributed by atoms with E-state index in [0.29, 0.717) is 23.9 Å². The molecule has 3 heteroatoms. The number of piperidine rings is 1. The SMILES string of the molecule is CC(c1cccnc1)N1C2CCC1CC(=O)C2. The van der Waals surface area contributed by atoms with Crippen molar-refractivity contribution in [1.82, 2.24) is 9.88 Å². The Morgan fingerprint density at radius 2 is 2.06 bits per heavy atom. The standard InChI is InChI=1S/C14H18N2O/c1-10(11-3-2-6-15-9-11)16-12-4-5-13(16)8-14(17)7-12/h2-3,6,9-10,12-13H,4-5,7-8H2,1H3. The van der Waals surface area contributed by atoms with Gasteiger partial charge in [-0.3, -0.25) is 14.7 Å². The molecule has 3 nitrogen and oxygen atoms in total. The van der Waals surface area contributed by atoms with Gasteiger partial charge in [-0.15, -0.1) is 0 Å². The average molecular weight is 230 g/mol. The summed E-state index contributed by atoms with van der Waals surface area (Å²) in [6.45, 7) is 2.23. The van der Waals surface area contributed by atoms with E-state index in [-0.39, 0.29) is 0 Å². The Morgan fingerprint density at radius 1 is 1.35 bits per heavy atom. The van der Waals surface area contributed by atoms with Crippen molar-refractivity contribution >= 4 is 5.78 Å². The first kappa shape index (κ1) is 10.9. The van der Waals surface area contributed by atoms with Gasteiger partial charge in [0, 0.05) is 43.4 Å². The molecule has 2 fully saturated rings. The van der Waals surface area contributed by atoms with Crippen LogP contribution in [0, 0.1) is 0 Å². The van der Waals surface area contributed by atoms with Gasteiger partial charge in [-0.1, -0.05) is 6.07 Å². The number of carbonyl (C=O) groups is 1. The molecule has 0 spiro atoms. The maximum absolute atomic E-state index is 11.6. The topological polar surface area (TPSA) is 33.2 Å². The van der Waals surface area contributed by atoms with Crippen LogP contribution in [0.4, 0.5) is 0 Å². The van der Waals surface area contributed by atoms with E-state index >= 15 is 0 Å². The Balaban J connectivity index is 1.84. The maximum atomic E-state index is 11.6. The van der Waals surface area contributed by atoms with Crippen LogP contribution in [0.1, 0.15) is 44.2 Å². The smallest absolute Gasteiger partial charge is 0.136 e. The van der Waals surface area contributed by atoms with Gasteiger partial charge in [0.2, 0.25) is 0 Å². The molecule has 2 aliphatic rings. The van der Waals surface area contributed by atoms with E-state index in [2.05, 4.69) is 22.9 Å². The molecule has 2 aliphatic heterocycles. The van der Waals surface area contributed by atoms with Crippen LogP contribution >= 0.6 is 0 Å². The van der Waals surface area contributed by atoms with Crippen molar-refractivity contribution in [2.75, 3.05) is 0 Å². The number of aromatic nitrogens is 1. The van der Waals surface area contributed by atoms with Gasteiger partial charge in [0.1, 0.15) is 5.78 Å². The van der Waals surface area contributed by atoms with Gasteiger partial charge in [-0.2, -0.15) is 0 Å². The van der Waals surface area contributed by atoms with Crippen molar-refractivity contribution < 1.29 is 4.79 Å². The predicted molar refractivity (Wildman–Crippen MR) is 65.5 cm³/mol. The molecule has 0 amide bonds. The van der Waals surface area contributed by atoms with Gasteiger partial charge in [0.05, 0.1) is 0 Å². The molecule has 1 aromatic rings. The van der Waals surface area contributed by atoms with E-state index in [1.807, 2.05) is 18.5 Å². The minimum absolute atomic E-state index is 0.384. The number of pyridine rings is 1. The molecule has 0 aromatic carbocycles. The normalized spacial score (nSPS) is 30.5. The number of Topliss-reactive ketones (excluding diaryl/α,β-unsaturated/α-hetero) is 1. The van der Waals surface area contributed by atoms with Gasteiger partial charge in [0.15, 0.2) is 0 Å². The van der Waals surface area contributed by atoms with Crippen molar-refractivity contribution in [3.8, 4) is 0 Å². The highest BCUT2D eigenvalue weighted by Gasteiger charge is 2.42. The zero-order chi connectivity index (χ0) is 11.8. The first-order chi connectivity index (χ1) is 8.25. The summed E-state index contributed by atoms with van der Waals surface area (Å²) >= 11 is 0. The Hall–Kier alpha value is -1.22. The van der Waals surface area contributed by atoms with Crippen LogP contribution < -0.4 is 0 Å². The Labute approximate surface area is 102 Å². The fourth-order valence-corrected chi connectivity index (χ4v) is 3.43. The van der Waals surface area contributed by atoms with Crippen LogP contribution in [0.15, 0.2) is 24.5 Å². The second-order valence-corrected chi connectivity index (χ2v) is 5.24. The lowest BCUT2D eigenvalue weighted by Crippen LogP contribution is -2.44. The third-order valence-corrected chi connectivity index (χ3v) is 4.22. The zero-order valence-electron chi connectivity index (χ0n) is 10.2. The first-order valence-electron chi connectivity index (χ1n) is 6.45. The van der Waals surface area contributed by atoms with Crippen molar-refractivity contribution in [2.24, 2.45) is 0 Å². The Morgan fingerprint density at radius 3 is 2.65 bits per heavy atom. The second-order valence-electron chi connectivity index (χ2n) is 5.24. The summed E-state index contributed by atoms with van der Waals surface area (Å²) in [6, 6.07) is 5.44. The fourth-order valence-electron chi connectivity index (χ4n) is 3.43. The highest BCUT2D eigenvalue weighted by Crippen LogP contribution is 2.39. The molecule has 0 N–H and O–H groups in total. The van der Waals surface area contributed by atoms with Crippen LogP contribution in [-0.4, -0.2) is 27.8 Å². The molecule has 17 heavy (non-hydrogen) atoms. The van der Waals surface area contributed by atoms with Gasteiger partial charge < -0.3 is 0 Å². The van der Waals surface area contributed by atoms with Crippen LogP contribution in [0.2, 0.25) is 0 Å². The zero-order valence-corrected chi connectivity index (χ0v) is 10.2. The number of ketones is 1. The average Bonchev–Trinajstić information content (AvgIpc) is 2.62. The molecule has 3 rings (SSSR count). The van der Waals surface area contributed by atoms with Crippen LogP contribution in [0.5, 0.6) is 0 Å². The summed E-state index contributed by atoms with van der Waals surface area (Å²) in [4.78, 5) is 18.3. The van der Waals surface area contributed by atoms with Gasteiger partial charge in [0.25, 0.3) is 0 Å². The lowest BCUT2D eigenvalue weighted by molar-refractivity contribution is -0.124. The second kappa shape index (κ2) is 4.22. The van der Waals surface area contributed by atoms with Crippen molar-refractivity contribution in [1.29, 1.82) is 0 Å². The minimum atomic E-state index is 0.384. The number of rotatable bonds is 2. The lowest BCUT2D eigenvalue weighted by Gasteiger charge is -2.38. The third-order valence-electron chi connectivity index (χ3n) is 4.22. The summed E-state index contributed by atoms with van der Waals surface area (Å²) in [7, 11) is 0. The molecule has 2 saturated heterocycles. The van der Waals surface area contributed by atoms with Crippen LogP contribution in [0.3, 0.4) is 0 Å². The molecule has 1 aromatic heterocycles. The quantitative estimate of drug-likeness (QED) is 0.782. The lowest BCUT2D eigenvalue weighted by atomic mass is 9.97. The molecule has 0 aliphatic carbocycles. The summed E-state index contributed by atoms with van der Waals surface area (Å²) in [5.74, 6) is 0.451. The van der Waals surface area contributed by atoms with Crippen molar-refractivity contribution in [3.05, 3.63) is 30.1 Å². The number of nitrogens with zero attached hydrogens (tertiary/aromatic N) is 2. The number of carbonyl (C=O) groups excluding carboxylic acids is 1. The van der Waals surface area contributed by atoms with Crippen LogP contribution in [-0.2, 0) is 4.79 Å². The third kappa shape index (κ3) is 1.89. The van der Waals surface area contributed by atoms with E-state index in [1.165, 1.54) is 18.4 Å². The summed E-state index contributed by atoms with van der Waals surface area (Å²) in [5.41, 5.74) is 1.26. The minimum Gasteiger partial charge on any atom is -0.300 e. The number of hydrogen-bond acceptors (Lipinski definition) is 3. The highest BCUT2D eigenvalue weighted by atomic mass is 16.1. The summed E-state index contributed by atoms with van der Waals surface area (Å²) in [6.07, 6.45) is 7.62. The molecule has 3 heterocycles. The molecule has 2 bridgehead atoms. The van der Waals surface area contributed by atoms with E-state index in [4.69, 9.17) is 0 Å². The van der Waals surface area contributed by atoms with Gasteiger partial charge in [-0.25, -0.2) is 0 Å². The molecular weight excluding hydrogens is 212 g/mol. The Bertz CT molecular complexity index is 401. The molecule has 3 atom stereocenters. The van der Waals surface area contributed by atoms with Gasteiger partial charge in [-0.05, 0) is 31.4 Å². The first-order valence-corrected chi connectivity index (χ1v) is 6.45. The van der Waals surface area contributed by atoms with E-state index in [1.54, 1.807) is 0 Å². The largest absolute Gasteiger partial charge is 0.300 e. The molecular formula is C14H18N2O. The van der Waals surface area contributed by atoms with E-state index in [9.17, 15) is 4.79 Å². The van der Waals surface area contributed by atoms with Crippen molar-refractivity contribution in [2.45, 2.75) is 50.7 Å². The predicted octanol–water partition coefficient (Wildman–Crippen LogP) is 2.34. The van der Waals surface area contributed by atoms with Crippen molar-refractivity contribution in [3.63, 3.8) is 0 Å². The Kier molecular flexibility index (Phi) is 2.71. The molecule has 0 saturated carbocycles. The van der Waals surface area contributed by atoms with Gasteiger partial charge >= 0.3 is 0 Å².